The van der Waals surface area contributed by atoms with E-state index in [1.807, 2.05) is 0 Å². The quantitative estimate of drug-likeness (QED) is 0.718. The molecule has 1 aromatic rings. The fraction of sp³-hybridized carbons (Fsp3) is 0.538. The number of hydrogen-bond acceptors (Lipinski definition) is 3. The number of benzene rings is 1. The van der Waals surface area contributed by atoms with Gasteiger partial charge in [0.15, 0.2) is 9.84 Å². The highest BCUT2D eigenvalue weighted by Gasteiger charge is 2.08. The molecule has 0 saturated carbocycles. The van der Waals surface area contributed by atoms with Gasteiger partial charge in [0.1, 0.15) is 5.75 Å². The van der Waals surface area contributed by atoms with E-state index < -0.39 is 9.84 Å². The minimum Gasteiger partial charge on any atom is -0.494 e. The molecular formula is C13H19BrO3S. The van der Waals surface area contributed by atoms with Crippen LogP contribution in [0.15, 0.2) is 29.2 Å². The van der Waals surface area contributed by atoms with E-state index in [0.29, 0.717) is 23.2 Å². The summed E-state index contributed by atoms with van der Waals surface area (Å²) in [7, 11) is -3.16. The van der Waals surface area contributed by atoms with E-state index >= 15 is 0 Å². The van der Waals surface area contributed by atoms with Gasteiger partial charge in [-0.25, -0.2) is 8.42 Å². The summed E-state index contributed by atoms with van der Waals surface area (Å²) in [6.45, 7) is 2.79. The molecule has 0 aliphatic rings. The summed E-state index contributed by atoms with van der Waals surface area (Å²) >= 11 is 3.41. The standard InChI is InChI=1S/C13H19BrO3S/c1-11(6-8-14)7-9-17-12-4-3-5-13(10-12)18(2,15)16/h3-5,10-11H,6-9H2,1-2H3. The van der Waals surface area contributed by atoms with Crippen molar-refractivity contribution in [2.75, 3.05) is 18.2 Å². The molecule has 1 unspecified atom stereocenters. The molecule has 0 aliphatic carbocycles. The number of hydrogen-bond donors (Lipinski definition) is 0. The third kappa shape index (κ3) is 5.40. The van der Waals surface area contributed by atoms with Gasteiger partial charge in [0.25, 0.3) is 0 Å². The Bertz CT molecular complexity index is 471. The van der Waals surface area contributed by atoms with E-state index in [0.717, 1.165) is 18.2 Å². The molecule has 0 N–H and O–H groups in total. The maximum absolute atomic E-state index is 11.4. The van der Waals surface area contributed by atoms with E-state index in [-0.39, 0.29) is 0 Å². The zero-order chi connectivity index (χ0) is 13.6. The molecule has 5 heteroatoms. The molecule has 0 saturated heterocycles. The topological polar surface area (TPSA) is 43.4 Å². The van der Waals surface area contributed by atoms with Crippen molar-refractivity contribution in [1.82, 2.24) is 0 Å². The number of alkyl halides is 1. The fourth-order valence-corrected chi connectivity index (χ4v) is 2.94. The van der Waals surface area contributed by atoms with Gasteiger partial charge in [-0.2, -0.15) is 0 Å². The van der Waals surface area contributed by atoms with Crippen molar-refractivity contribution in [1.29, 1.82) is 0 Å². The summed E-state index contributed by atoms with van der Waals surface area (Å²) in [5, 5.41) is 0.998. The lowest BCUT2D eigenvalue weighted by Gasteiger charge is -2.11. The Balaban J connectivity index is 2.53. The highest BCUT2D eigenvalue weighted by Crippen LogP contribution is 2.18. The van der Waals surface area contributed by atoms with Gasteiger partial charge in [0.2, 0.25) is 0 Å². The average molecular weight is 335 g/mol. The smallest absolute Gasteiger partial charge is 0.175 e. The van der Waals surface area contributed by atoms with E-state index in [4.69, 9.17) is 4.74 Å². The van der Waals surface area contributed by atoms with Gasteiger partial charge in [0, 0.05) is 11.6 Å². The zero-order valence-electron chi connectivity index (χ0n) is 10.7. The van der Waals surface area contributed by atoms with Crippen LogP contribution in [-0.4, -0.2) is 26.6 Å². The molecular weight excluding hydrogens is 316 g/mol. The molecule has 102 valence electrons. The van der Waals surface area contributed by atoms with Crippen LogP contribution >= 0.6 is 15.9 Å². The molecule has 0 aliphatic heterocycles. The Labute approximate surface area is 118 Å². The first-order valence-corrected chi connectivity index (χ1v) is 8.93. The number of halogens is 1. The van der Waals surface area contributed by atoms with Crippen molar-refractivity contribution in [3.8, 4) is 5.75 Å². The maximum Gasteiger partial charge on any atom is 0.175 e. The van der Waals surface area contributed by atoms with Crippen molar-refractivity contribution in [2.24, 2.45) is 5.92 Å². The van der Waals surface area contributed by atoms with Crippen molar-refractivity contribution < 1.29 is 13.2 Å². The largest absolute Gasteiger partial charge is 0.494 e. The summed E-state index contributed by atoms with van der Waals surface area (Å²) < 4.78 is 28.4. The third-order valence-electron chi connectivity index (χ3n) is 2.71. The minimum absolute atomic E-state index is 0.300. The molecule has 1 aromatic carbocycles. The van der Waals surface area contributed by atoms with Gasteiger partial charge < -0.3 is 4.74 Å². The molecule has 0 heterocycles. The average Bonchev–Trinajstić information content (AvgIpc) is 2.29. The van der Waals surface area contributed by atoms with Gasteiger partial charge >= 0.3 is 0 Å². The second-order valence-electron chi connectivity index (χ2n) is 4.47. The van der Waals surface area contributed by atoms with Crippen LogP contribution in [-0.2, 0) is 9.84 Å². The monoisotopic (exact) mass is 334 g/mol. The van der Waals surface area contributed by atoms with Crippen LogP contribution in [0.3, 0.4) is 0 Å². The molecule has 1 rings (SSSR count). The van der Waals surface area contributed by atoms with Crippen LogP contribution in [0.1, 0.15) is 19.8 Å². The predicted molar refractivity (Wildman–Crippen MR) is 77.2 cm³/mol. The zero-order valence-corrected chi connectivity index (χ0v) is 13.1. The van der Waals surface area contributed by atoms with Gasteiger partial charge in [0.05, 0.1) is 11.5 Å². The molecule has 3 nitrogen and oxygen atoms in total. The highest BCUT2D eigenvalue weighted by molar-refractivity contribution is 9.09. The Morgan fingerprint density at radius 2 is 2.06 bits per heavy atom. The van der Waals surface area contributed by atoms with Crippen molar-refractivity contribution in [3.63, 3.8) is 0 Å². The minimum atomic E-state index is -3.16. The summed E-state index contributed by atoms with van der Waals surface area (Å²) in [5.41, 5.74) is 0. The van der Waals surface area contributed by atoms with Gasteiger partial charge in [-0.3, -0.25) is 0 Å². The fourth-order valence-electron chi connectivity index (χ4n) is 1.50. The second-order valence-corrected chi connectivity index (χ2v) is 7.28. The Kier molecular flexibility index (Phi) is 6.15. The first kappa shape index (κ1) is 15.5. The Morgan fingerprint density at radius 1 is 1.33 bits per heavy atom. The second kappa shape index (κ2) is 7.14. The van der Waals surface area contributed by atoms with Crippen LogP contribution in [0.25, 0.3) is 0 Å². The first-order chi connectivity index (χ1) is 8.43. The summed E-state index contributed by atoms with van der Waals surface area (Å²) in [6, 6.07) is 6.64. The normalized spacial score (nSPS) is 13.3. The summed E-state index contributed by atoms with van der Waals surface area (Å²) in [6.07, 6.45) is 3.28. The number of ether oxygens (including phenoxy) is 1. The van der Waals surface area contributed by atoms with Gasteiger partial charge in [-0.1, -0.05) is 28.9 Å². The van der Waals surface area contributed by atoms with Crippen molar-refractivity contribution >= 4 is 25.8 Å². The number of rotatable bonds is 7. The van der Waals surface area contributed by atoms with Crippen molar-refractivity contribution in [2.45, 2.75) is 24.7 Å². The Hall–Kier alpha value is -0.550. The molecule has 0 spiro atoms. The predicted octanol–water partition coefficient (Wildman–Crippen LogP) is 3.28. The molecule has 18 heavy (non-hydrogen) atoms. The van der Waals surface area contributed by atoms with E-state index in [9.17, 15) is 8.42 Å². The van der Waals surface area contributed by atoms with Crippen molar-refractivity contribution in [3.05, 3.63) is 24.3 Å². The first-order valence-electron chi connectivity index (χ1n) is 5.92. The van der Waals surface area contributed by atoms with E-state index in [2.05, 4.69) is 22.9 Å². The molecule has 0 radical (unpaired) electrons. The lowest BCUT2D eigenvalue weighted by Crippen LogP contribution is -2.05. The molecule has 0 aromatic heterocycles. The van der Waals surface area contributed by atoms with Crippen LogP contribution in [0.2, 0.25) is 0 Å². The molecule has 0 fully saturated rings. The third-order valence-corrected chi connectivity index (χ3v) is 4.28. The maximum atomic E-state index is 11.4. The molecule has 0 bridgehead atoms. The van der Waals surface area contributed by atoms with Crippen LogP contribution in [0.4, 0.5) is 0 Å². The highest BCUT2D eigenvalue weighted by atomic mass is 79.9. The number of sulfone groups is 1. The van der Waals surface area contributed by atoms with E-state index in [1.54, 1.807) is 24.3 Å². The van der Waals surface area contributed by atoms with Gasteiger partial charge in [-0.05, 0) is 37.0 Å². The molecule has 1 atom stereocenters. The van der Waals surface area contributed by atoms with E-state index in [1.165, 1.54) is 6.26 Å². The Morgan fingerprint density at radius 3 is 2.67 bits per heavy atom. The lowest BCUT2D eigenvalue weighted by atomic mass is 10.1. The van der Waals surface area contributed by atoms with Crippen LogP contribution in [0.5, 0.6) is 5.75 Å². The summed E-state index contributed by atoms with van der Waals surface area (Å²) in [5.74, 6) is 1.21. The summed E-state index contributed by atoms with van der Waals surface area (Å²) in [4.78, 5) is 0.300. The SMILES string of the molecule is CC(CCBr)CCOc1cccc(S(C)(=O)=O)c1. The van der Waals surface area contributed by atoms with Crippen LogP contribution in [0, 0.1) is 5.92 Å². The van der Waals surface area contributed by atoms with Gasteiger partial charge in [-0.15, -0.1) is 0 Å². The molecule has 0 amide bonds. The van der Waals surface area contributed by atoms with Crippen LogP contribution < -0.4 is 4.74 Å². The lowest BCUT2D eigenvalue weighted by molar-refractivity contribution is 0.281.